The number of ether oxygens (including phenoxy) is 3. The van der Waals surface area contributed by atoms with Gasteiger partial charge in [0.15, 0.2) is 5.75 Å². The van der Waals surface area contributed by atoms with Crippen LogP contribution in [0.4, 0.5) is 22.0 Å². The van der Waals surface area contributed by atoms with Gasteiger partial charge >= 0.3 is 18.9 Å². The third-order valence-electron chi connectivity index (χ3n) is 2.39. The normalized spacial score (nSPS) is 11.0. The van der Waals surface area contributed by atoms with Gasteiger partial charge in [-0.3, -0.25) is 4.79 Å². The Balaban J connectivity index is 3.34. The van der Waals surface area contributed by atoms with Crippen LogP contribution in [0, 0.1) is 11.3 Å². The Morgan fingerprint density at radius 3 is 2.48 bits per heavy atom. The fraction of sp³-hybridized carbons (Fsp3) is 0.385. The number of hydrogen-bond acceptors (Lipinski definition) is 5. The van der Waals surface area contributed by atoms with Crippen molar-refractivity contribution in [3.63, 3.8) is 0 Å². The van der Waals surface area contributed by atoms with Crippen LogP contribution < -0.4 is 9.47 Å². The molecule has 10 heteroatoms. The lowest BCUT2D eigenvalue weighted by atomic mass is 10.1. The van der Waals surface area contributed by atoms with Crippen molar-refractivity contribution in [3.05, 3.63) is 23.3 Å². The Kier molecular flexibility index (Phi) is 6.12. The lowest BCUT2D eigenvalue weighted by Gasteiger charge is -2.16. The van der Waals surface area contributed by atoms with Crippen LogP contribution in [-0.4, -0.2) is 25.6 Å². The number of halogens is 5. The molecule has 23 heavy (non-hydrogen) atoms. The van der Waals surface area contributed by atoms with E-state index in [0.29, 0.717) is 0 Å². The number of nitriles is 1. The molecule has 0 heterocycles. The quantitative estimate of drug-likeness (QED) is 0.588. The molecule has 0 amide bonds. The van der Waals surface area contributed by atoms with Gasteiger partial charge in [-0.25, -0.2) is 0 Å². The van der Waals surface area contributed by atoms with Gasteiger partial charge in [-0.1, -0.05) is 6.07 Å². The van der Waals surface area contributed by atoms with Crippen molar-refractivity contribution >= 4 is 5.97 Å². The maximum Gasteiger partial charge on any atom is 0.573 e. The molecular formula is C13H10F5NO4. The summed E-state index contributed by atoms with van der Waals surface area (Å²) in [7, 11) is 0. The zero-order valence-corrected chi connectivity index (χ0v) is 11.6. The highest BCUT2D eigenvalue weighted by molar-refractivity contribution is 5.75. The van der Waals surface area contributed by atoms with Gasteiger partial charge in [0, 0.05) is 5.56 Å². The van der Waals surface area contributed by atoms with Crippen LogP contribution in [0.1, 0.15) is 18.1 Å². The first-order valence-electron chi connectivity index (χ1n) is 6.10. The summed E-state index contributed by atoms with van der Waals surface area (Å²) in [6.45, 7) is -1.87. The van der Waals surface area contributed by atoms with Crippen LogP contribution in [0.3, 0.4) is 0 Å². The van der Waals surface area contributed by atoms with Gasteiger partial charge in [-0.15, -0.1) is 13.2 Å². The minimum atomic E-state index is -5.20. The fourth-order valence-corrected chi connectivity index (χ4v) is 1.65. The highest BCUT2D eigenvalue weighted by Crippen LogP contribution is 2.36. The first-order valence-corrected chi connectivity index (χ1v) is 6.10. The molecule has 0 aliphatic rings. The second-order valence-electron chi connectivity index (χ2n) is 3.95. The number of hydrogen-bond donors (Lipinski definition) is 0. The predicted molar refractivity (Wildman–Crippen MR) is 64.8 cm³/mol. The summed E-state index contributed by atoms with van der Waals surface area (Å²) >= 11 is 0. The van der Waals surface area contributed by atoms with E-state index in [1.807, 2.05) is 0 Å². The maximum atomic E-state index is 12.5. The molecule has 0 aliphatic carbocycles. The number of benzene rings is 1. The molecule has 0 saturated heterocycles. The predicted octanol–water partition coefficient (Wildman–Crippen LogP) is 3.16. The van der Waals surface area contributed by atoms with Crippen LogP contribution in [0.2, 0.25) is 0 Å². The van der Waals surface area contributed by atoms with Gasteiger partial charge in [0.25, 0.3) is 0 Å². The number of rotatable bonds is 6. The Bertz CT molecular complexity index is 610. The summed E-state index contributed by atoms with van der Waals surface area (Å²) < 4.78 is 74.2. The zero-order valence-electron chi connectivity index (χ0n) is 11.6. The Hall–Kier alpha value is -2.57. The molecule has 126 valence electrons. The van der Waals surface area contributed by atoms with E-state index in [1.54, 1.807) is 0 Å². The van der Waals surface area contributed by atoms with Crippen LogP contribution in [0.25, 0.3) is 0 Å². The van der Waals surface area contributed by atoms with Crippen molar-refractivity contribution in [1.82, 2.24) is 0 Å². The van der Waals surface area contributed by atoms with E-state index in [-0.39, 0.29) is 12.2 Å². The molecule has 0 atom stereocenters. The van der Waals surface area contributed by atoms with Gasteiger partial charge in [0.2, 0.25) is 0 Å². The summed E-state index contributed by atoms with van der Waals surface area (Å²) in [4.78, 5) is 11.4. The maximum absolute atomic E-state index is 12.5. The van der Waals surface area contributed by atoms with E-state index in [2.05, 4.69) is 14.2 Å². The van der Waals surface area contributed by atoms with Gasteiger partial charge in [-0.05, 0) is 13.0 Å². The molecule has 0 aromatic heterocycles. The van der Waals surface area contributed by atoms with Crippen LogP contribution in [0.5, 0.6) is 11.5 Å². The lowest BCUT2D eigenvalue weighted by molar-refractivity contribution is -0.275. The van der Waals surface area contributed by atoms with Crippen molar-refractivity contribution in [2.75, 3.05) is 6.61 Å². The van der Waals surface area contributed by atoms with Crippen LogP contribution in [-0.2, 0) is 16.0 Å². The fourth-order valence-electron chi connectivity index (χ4n) is 1.65. The molecule has 5 nitrogen and oxygen atoms in total. The highest BCUT2D eigenvalue weighted by Gasteiger charge is 2.35. The van der Waals surface area contributed by atoms with Crippen molar-refractivity contribution in [3.8, 4) is 17.6 Å². The first-order chi connectivity index (χ1) is 10.7. The number of alkyl halides is 5. The molecule has 1 rings (SSSR count). The van der Waals surface area contributed by atoms with Crippen molar-refractivity contribution in [1.29, 1.82) is 5.26 Å². The standard InChI is InChI=1S/C13H10F5NO4/c1-2-21-10(20)5-7-3-4-9(22-12(14)15)8(6-19)11(7)23-13(16,17)18/h3-4,12H,2,5H2,1H3. The molecule has 0 spiro atoms. The lowest BCUT2D eigenvalue weighted by Crippen LogP contribution is -2.20. The summed E-state index contributed by atoms with van der Waals surface area (Å²) in [6.07, 6.45) is -5.83. The van der Waals surface area contributed by atoms with Crippen LogP contribution >= 0.6 is 0 Å². The van der Waals surface area contributed by atoms with Crippen LogP contribution in [0.15, 0.2) is 12.1 Å². The monoisotopic (exact) mass is 339 g/mol. The van der Waals surface area contributed by atoms with Gasteiger partial charge in [-0.2, -0.15) is 14.0 Å². The van der Waals surface area contributed by atoms with E-state index < -0.39 is 42.4 Å². The van der Waals surface area contributed by atoms with E-state index in [9.17, 15) is 26.7 Å². The Labute approximate surface area is 127 Å². The van der Waals surface area contributed by atoms with E-state index in [1.165, 1.54) is 13.0 Å². The summed E-state index contributed by atoms with van der Waals surface area (Å²) in [5.74, 6) is -2.74. The minimum absolute atomic E-state index is 0.00796. The van der Waals surface area contributed by atoms with Gasteiger partial charge in [0.05, 0.1) is 13.0 Å². The molecule has 0 aliphatic heterocycles. The first kappa shape index (κ1) is 18.5. The third-order valence-corrected chi connectivity index (χ3v) is 2.39. The number of carbonyl (C=O) groups is 1. The number of esters is 1. The molecule has 0 unspecified atom stereocenters. The van der Waals surface area contributed by atoms with Crippen molar-refractivity contribution in [2.24, 2.45) is 0 Å². The molecule has 0 saturated carbocycles. The molecule has 0 bridgehead atoms. The van der Waals surface area contributed by atoms with E-state index in [0.717, 1.165) is 12.1 Å². The van der Waals surface area contributed by atoms with E-state index in [4.69, 9.17) is 5.26 Å². The number of nitrogens with zero attached hydrogens (tertiary/aromatic N) is 1. The second kappa shape index (κ2) is 7.62. The average Bonchev–Trinajstić information content (AvgIpc) is 2.40. The number of carbonyl (C=O) groups excluding carboxylic acids is 1. The molecule has 0 radical (unpaired) electrons. The zero-order chi connectivity index (χ0) is 17.6. The summed E-state index contributed by atoms with van der Waals surface area (Å²) in [5.41, 5.74) is -1.25. The molecule has 0 N–H and O–H groups in total. The van der Waals surface area contributed by atoms with Crippen molar-refractivity contribution in [2.45, 2.75) is 26.3 Å². The molecule has 1 aromatic carbocycles. The van der Waals surface area contributed by atoms with Gasteiger partial charge < -0.3 is 14.2 Å². The average molecular weight is 339 g/mol. The van der Waals surface area contributed by atoms with E-state index >= 15 is 0 Å². The summed E-state index contributed by atoms with van der Waals surface area (Å²) in [6, 6.07) is 3.07. The largest absolute Gasteiger partial charge is 0.573 e. The molecule has 1 aromatic rings. The SMILES string of the molecule is CCOC(=O)Cc1ccc(OC(F)F)c(C#N)c1OC(F)(F)F. The second-order valence-corrected chi connectivity index (χ2v) is 3.95. The Morgan fingerprint density at radius 2 is 2.00 bits per heavy atom. The topological polar surface area (TPSA) is 68.5 Å². The minimum Gasteiger partial charge on any atom is -0.466 e. The highest BCUT2D eigenvalue weighted by atomic mass is 19.4. The molecular weight excluding hydrogens is 329 g/mol. The van der Waals surface area contributed by atoms with Gasteiger partial charge in [0.1, 0.15) is 17.4 Å². The Morgan fingerprint density at radius 1 is 1.35 bits per heavy atom. The van der Waals surface area contributed by atoms with Crippen molar-refractivity contribution < 1.29 is 41.0 Å². The molecule has 0 fully saturated rings. The third kappa shape index (κ3) is 5.61. The summed E-state index contributed by atoms with van der Waals surface area (Å²) in [5, 5.41) is 8.93. The smallest absolute Gasteiger partial charge is 0.466 e.